The van der Waals surface area contributed by atoms with E-state index in [1.807, 2.05) is 38.1 Å². The second-order valence-electron chi connectivity index (χ2n) is 4.81. The maximum atomic E-state index is 11.9. The molecule has 1 atom stereocenters. The molecular formula is C16H18N2O3. The Kier molecular flexibility index (Phi) is 4.77. The molecule has 0 unspecified atom stereocenters. The molecular weight excluding hydrogens is 268 g/mol. The molecule has 2 rings (SSSR count). The molecule has 0 aliphatic rings. The van der Waals surface area contributed by atoms with Crippen LogP contribution in [0.1, 0.15) is 34.6 Å². The first kappa shape index (κ1) is 14.8. The van der Waals surface area contributed by atoms with Crippen LogP contribution in [0.5, 0.6) is 0 Å². The highest BCUT2D eigenvalue weighted by molar-refractivity contribution is 5.94. The summed E-state index contributed by atoms with van der Waals surface area (Å²) in [5.41, 5.74) is 2.17. The number of carbonyl (C=O) groups excluding carboxylic acids is 2. The Bertz CT molecular complexity index is 620. The minimum Gasteiger partial charge on any atom is -0.459 e. The number of aryl methyl sites for hydroxylation is 1. The Balaban J connectivity index is 1.85. The number of benzene rings is 1. The lowest BCUT2D eigenvalue weighted by Gasteiger charge is -2.16. The highest BCUT2D eigenvalue weighted by Gasteiger charge is 2.13. The third kappa shape index (κ3) is 3.95. The molecule has 0 spiro atoms. The van der Waals surface area contributed by atoms with Crippen molar-refractivity contribution in [2.75, 3.05) is 6.54 Å². The zero-order chi connectivity index (χ0) is 15.2. The zero-order valence-electron chi connectivity index (χ0n) is 12.1. The van der Waals surface area contributed by atoms with Gasteiger partial charge in [-0.05, 0) is 37.1 Å². The summed E-state index contributed by atoms with van der Waals surface area (Å²) in [5, 5.41) is 5.36. The highest BCUT2D eigenvalue weighted by Crippen LogP contribution is 2.16. The van der Waals surface area contributed by atoms with Crippen LogP contribution in [0.3, 0.4) is 0 Å². The molecule has 0 fully saturated rings. The average Bonchev–Trinajstić information content (AvgIpc) is 2.99. The van der Waals surface area contributed by atoms with Gasteiger partial charge in [0.2, 0.25) is 5.91 Å². The van der Waals surface area contributed by atoms with Crippen molar-refractivity contribution in [1.29, 1.82) is 0 Å². The van der Waals surface area contributed by atoms with Gasteiger partial charge < -0.3 is 15.1 Å². The quantitative estimate of drug-likeness (QED) is 0.885. The molecule has 1 aromatic heterocycles. The molecule has 2 N–H and O–H groups in total. The van der Waals surface area contributed by atoms with Crippen LogP contribution in [0.15, 0.2) is 47.1 Å². The summed E-state index contributed by atoms with van der Waals surface area (Å²) >= 11 is 0. The fraction of sp³-hybridized carbons (Fsp3) is 0.250. The largest absolute Gasteiger partial charge is 0.459 e. The molecule has 0 aliphatic heterocycles. The van der Waals surface area contributed by atoms with E-state index in [4.69, 9.17) is 4.42 Å². The van der Waals surface area contributed by atoms with E-state index >= 15 is 0 Å². The van der Waals surface area contributed by atoms with E-state index in [1.54, 1.807) is 12.1 Å². The molecule has 0 radical (unpaired) electrons. The highest BCUT2D eigenvalue weighted by atomic mass is 16.3. The summed E-state index contributed by atoms with van der Waals surface area (Å²) in [5.74, 6) is -0.459. The van der Waals surface area contributed by atoms with E-state index < -0.39 is 5.91 Å². The lowest BCUT2D eigenvalue weighted by molar-refractivity contribution is -0.120. The second kappa shape index (κ2) is 6.74. The van der Waals surface area contributed by atoms with Gasteiger partial charge in [0.25, 0.3) is 5.91 Å². The number of nitrogens with one attached hydrogen (secondary N) is 2. The molecule has 2 aromatic rings. The first-order valence-electron chi connectivity index (χ1n) is 6.74. The van der Waals surface area contributed by atoms with E-state index in [0.717, 1.165) is 11.1 Å². The van der Waals surface area contributed by atoms with Gasteiger partial charge in [0.1, 0.15) is 0 Å². The van der Waals surface area contributed by atoms with Crippen molar-refractivity contribution >= 4 is 11.8 Å². The predicted octanol–water partition coefficient (Wildman–Crippen LogP) is 2.20. The van der Waals surface area contributed by atoms with Gasteiger partial charge in [-0.3, -0.25) is 9.59 Å². The normalized spacial score (nSPS) is 11.7. The van der Waals surface area contributed by atoms with E-state index in [2.05, 4.69) is 10.6 Å². The molecule has 1 heterocycles. The van der Waals surface area contributed by atoms with Crippen molar-refractivity contribution in [3.05, 3.63) is 59.5 Å². The van der Waals surface area contributed by atoms with E-state index in [1.165, 1.54) is 6.26 Å². The number of rotatable bonds is 5. The fourth-order valence-corrected chi connectivity index (χ4v) is 2.10. The fourth-order valence-electron chi connectivity index (χ4n) is 2.10. The smallest absolute Gasteiger partial charge is 0.287 e. The van der Waals surface area contributed by atoms with Crippen LogP contribution in [0.25, 0.3) is 0 Å². The number of hydrogen-bond acceptors (Lipinski definition) is 3. The Morgan fingerprint density at radius 2 is 1.95 bits per heavy atom. The van der Waals surface area contributed by atoms with Gasteiger partial charge in [-0.25, -0.2) is 0 Å². The van der Waals surface area contributed by atoms with Crippen molar-refractivity contribution in [3.8, 4) is 0 Å². The average molecular weight is 286 g/mol. The molecule has 110 valence electrons. The third-order valence-electron chi connectivity index (χ3n) is 3.19. The summed E-state index contributed by atoms with van der Waals surface area (Å²) in [4.78, 5) is 23.5. The van der Waals surface area contributed by atoms with Crippen molar-refractivity contribution < 1.29 is 14.0 Å². The van der Waals surface area contributed by atoms with Gasteiger partial charge in [-0.1, -0.05) is 24.3 Å². The van der Waals surface area contributed by atoms with E-state index in [9.17, 15) is 9.59 Å². The molecule has 2 amide bonds. The van der Waals surface area contributed by atoms with Gasteiger partial charge in [0.15, 0.2) is 5.76 Å². The van der Waals surface area contributed by atoms with Crippen molar-refractivity contribution in [1.82, 2.24) is 10.6 Å². The van der Waals surface area contributed by atoms with E-state index in [0.29, 0.717) is 0 Å². The molecule has 21 heavy (non-hydrogen) atoms. The standard InChI is InChI=1S/C16H18N2O3/c1-11-6-3-4-7-13(11)12(2)18-15(19)10-17-16(20)14-8-5-9-21-14/h3-9,12H,10H2,1-2H3,(H,17,20)(H,18,19)/t12-/m0/s1. The Morgan fingerprint density at radius 3 is 2.62 bits per heavy atom. The van der Waals surface area contributed by atoms with Crippen LogP contribution in [0.2, 0.25) is 0 Å². The van der Waals surface area contributed by atoms with Crippen LogP contribution in [-0.4, -0.2) is 18.4 Å². The van der Waals surface area contributed by atoms with E-state index in [-0.39, 0.29) is 24.3 Å². The number of furan rings is 1. The SMILES string of the molecule is Cc1ccccc1[C@H](C)NC(=O)CNC(=O)c1ccco1. The molecule has 5 heteroatoms. The number of carbonyl (C=O) groups is 2. The zero-order valence-corrected chi connectivity index (χ0v) is 12.1. The third-order valence-corrected chi connectivity index (χ3v) is 3.19. The van der Waals surface area contributed by atoms with Crippen LogP contribution in [-0.2, 0) is 4.79 Å². The minimum atomic E-state index is -0.404. The van der Waals surface area contributed by atoms with Crippen LogP contribution < -0.4 is 10.6 Å². The molecule has 0 bridgehead atoms. The predicted molar refractivity (Wildman–Crippen MR) is 78.8 cm³/mol. The van der Waals surface area contributed by atoms with Gasteiger partial charge in [-0.2, -0.15) is 0 Å². The van der Waals surface area contributed by atoms with Gasteiger partial charge in [-0.15, -0.1) is 0 Å². The molecule has 0 saturated heterocycles. The summed E-state index contributed by atoms with van der Waals surface area (Å²) < 4.78 is 4.95. The second-order valence-corrected chi connectivity index (χ2v) is 4.81. The van der Waals surface area contributed by atoms with Crippen molar-refractivity contribution in [2.24, 2.45) is 0 Å². The van der Waals surface area contributed by atoms with Gasteiger partial charge in [0.05, 0.1) is 18.8 Å². The number of hydrogen-bond donors (Lipinski definition) is 2. The van der Waals surface area contributed by atoms with Gasteiger partial charge >= 0.3 is 0 Å². The molecule has 5 nitrogen and oxygen atoms in total. The van der Waals surface area contributed by atoms with Crippen LogP contribution in [0, 0.1) is 6.92 Å². The molecule has 0 aliphatic carbocycles. The molecule has 1 aromatic carbocycles. The molecule has 0 saturated carbocycles. The van der Waals surface area contributed by atoms with Crippen molar-refractivity contribution in [2.45, 2.75) is 19.9 Å². The first-order valence-corrected chi connectivity index (χ1v) is 6.74. The lowest BCUT2D eigenvalue weighted by Crippen LogP contribution is -2.38. The maximum absolute atomic E-state index is 11.9. The summed E-state index contributed by atoms with van der Waals surface area (Å²) in [6, 6.07) is 10.9. The summed E-state index contributed by atoms with van der Waals surface area (Å²) in [7, 11) is 0. The van der Waals surface area contributed by atoms with Crippen LogP contribution >= 0.6 is 0 Å². The number of amides is 2. The Hall–Kier alpha value is -2.56. The summed E-state index contributed by atoms with van der Waals surface area (Å²) in [6.07, 6.45) is 1.41. The van der Waals surface area contributed by atoms with Crippen molar-refractivity contribution in [3.63, 3.8) is 0 Å². The maximum Gasteiger partial charge on any atom is 0.287 e. The van der Waals surface area contributed by atoms with Gasteiger partial charge in [0, 0.05) is 0 Å². The first-order chi connectivity index (χ1) is 10.1. The lowest BCUT2D eigenvalue weighted by atomic mass is 10.0. The Labute approximate surface area is 123 Å². The topological polar surface area (TPSA) is 71.3 Å². The summed E-state index contributed by atoms with van der Waals surface area (Å²) in [6.45, 7) is 3.82. The van der Waals surface area contributed by atoms with Crippen LogP contribution in [0.4, 0.5) is 0 Å². The minimum absolute atomic E-state index is 0.0875. The monoisotopic (exact) mass is 286 g/mol. The Morgan fingerprint density at radius 1 is 1.19 bits per heavy atom.